The van der Waals surface area contributed by atoms with Gasteiger partial charge < -0.3 is 4.74 Å². The second-order valence-corrected chi connectivity index (χ2v) is 5.47. The van der Waals surface area contributed by atoms with Crippen LogP contribution in [0.25, 0.3) is 10.8 Å². The third-order valence-electron chi connectivity index (χ3n) is 3.75. The van der Waals surface area contributed by atoms with E-state index in [-0.39, 0.29) is 0 Å². The van der Waals surface area contributed by atoms with Crippen LogP contribution in [0.1, 0.15) is 12.5 Å². The fraction of sp³-hybridized carbons (Fsp3) is 0.100. The summed E-state index contributed by atoms with van der Waals surface area (Å²) in [7, 11) is 1.64. The second kappa shape index (κ2) is 7.49. The van der Waals surface area contributed by atoms with Crippen LogP contribution in [0.4, 0.5) is 10.5 Å². The van der Waals surface area contributed by atoms with Crippen LogP contribution in [0, 0.1) is 0 Å². The Balaban J connectivity index is 1.71. The molecule has 3 rings (SSSR count). The van der Waals surface area contributed by atoms with E-state index in [1.165, 1.54) is 0 Å². The summed E-state index contributed by atoms with van der Waals surface area (Å²) in [5.74, 6) is 0.812. The predicted molar refractivity (Wildman–Crippen MR) is 99.3 cm³/mol. The van der Waals surface area contributed by atoms with Crippen molar-refractivity contribution < 1.29 is 14.4 Å². The Morgan fingerprint density at radius 3 is 2.44 bits per heavy atom. The largest absolute Gasteiger partial charge is 0.497 e. The Kier molecular flexibility index (Phi) is 4.95. The van der Waals surface area contributed by atoms with E-state index >= 15 is 0 Å². The van der Waals surface area contributed by atoms with Crippen molar-refractivity contribution >= 4 is 28.3 Å². The molecule has 0 spiro atoms. The van der Waals surface area contributed by atoms with Crippen LogP contribution in [0.2, 0.25) is 0 Å². The van der Waals surface area contributed by atoms with Crippen molar-refractivity contribution in [3.8, 4) is 5.75 Å². The van der Waals surface area contributed by atoms with Crippen LogP contribution >= 0.6 is 0 Å². The van der Waals surface area contributed by atoms with Crippen LogP contribution in [-0.4, -0.2) is 18.9 Å². The average molecular weight is 334 g/mol. The highest BCUT2D eigenvalue weighted by Gasteiger charge is 2.05. The molecule has 5 nitrogen and oxygen atoms in total. The molecule has 0 saturated carbocycles. The van der Waals surface area contributed by atoms with Gasteiger partial charge in [-0.1, -0.05) is 41.6 Å². The summed E-state index contributed by atoms with van der Waals surface area (Å²) in [6.07, 6.45) is -0.629. The molecule has 0 radical (unpaired) electrons. The highest BCUT2D eigenvalue weighted by atomic mass is 16.7. The van der Waals surface area contributed by atoms with E-state index in [1.807, 2.05) is 54.6 Å². The number of benzene rings is 3. The number of anilines is 1. The van der Waals surface area contributed by atoms with Crippen molar-refractivity contribution in [2.24, 2.45) is 5.16 Å². The van der Waals surface area contributed by atoms with Crippen molar-refractivity contribution in [3.63, 3.8) is 0 Å². The minimum absolute atomic E-state index is 0.612. The molecule has 3 aromatic carbocycles. The highest BCUT2D eigenvalue weighted by Crippen LogP contribution is 2.22. The molecule has 0 fully saturated rings. The molecular weight excluding hydrogens is 316 g/mol. The first-order valence-electron chi connectivity index (χ1n) is 7.81. The summed E-state index contributed by atoms with van der Waals surface area (Å²) < 4.78 is 5.23. The number of rotatable bonds is 4. The molecule has 0 unspecified atom stereocenters. The number of para-hydroxylation sites is 1. The lowest BCUT2D eigenvalue weighted by atomic mass is 10.0. The van der Waals surface area contributed by atoms with E-state index in [4.69, 9.17) is 9.57 Å². The maximum Gasteiger partial charge on any atom is 0.437 e. The molecule has 1 N–H and O–H groups in total. The van der Waals surface area contributed by atoms with Crippen molar-refractivity contribution in [1.29, 1.82) is 0 Å². The van der Waals surface area contributed by atoms with Crippen LogP contribution in [-0.2, 0) is 4.84 Å². The topological polar surface area (TPSA) is 59.9 Å². The zero-order valence-electron chi connectivity index (χ0n) is 14.0. The average Bonchev–Trinajstić information content (AvgIpc) is 2.66. The summed E-state index contributed by atoms with van der Waals surface area (Å²) in [5.41, 5.74) is 2.14. The maximum absolute atomic E-state index is 11.8. The molecular formula is C20H18N2O3. The number of methoxy groups -OCH3 is 1. The summed E-state index contributed by atoms with van der Waals surface area (Å²) in [6.45, 7) is 1.79. The van der Waals surface area contributed by atoms with Gasteiger partial charge in [0.2, 0.25) is 0 Å². The van der Waals surface area contributed by atoms with Gasteiger partial charge in [0.15, 0.2) is 0 Å². The molecule has 3 aromatic rings. The Hall–Kier alpha value is -3.34. The monoisotopic (exact) mass is 334 g/mol. The molecule has 126 valence electrons. The van der Waals surface area contributed by atoms with Crippen molar-refractivity contribution in [2.45, 2.75) is 6.92 Å². The van der Waals surface area contributed by atoms with Gasteiger partial charge in [0.1, 0.15) is 5.75 Å². The quantitative estimate of drug-likeness (QED) is 0.423. The predicted octanol–water partition coefficient (Wildman–Crippen LogP) is 4.82. The number of amides is 1. The van der Waals surface area contributed by atoms with Crippen molar-refractivity contribution in [1.82, 2.24) is 0 Å². The van der Waals surface area contributed by atoms with Gasteiger partial charge in [-0.2, -0.15) is 0 Å². The summed E-state index contributed by atoms with van der Waals surface area (Å²) in [6, 6.07) is 20.8. The first-order valence-corrected chi connectivity index (χ1v) is 7.81. The minimum Gasteiger partial charge on any atom is -0.497 e. The standard InChI is InChI=1S/C20H18N2O3/c1-14(22-25-20(23)21-18-6-4-3-5-7-18)15-8-9-17-13-19(24-2)11-10-16(17)12-15/h3-13H,1-2H3,(H,21,23)/b22-14-. The second-order valence-electron chi connectivity index (χ2n) is 5.47. The van der Waals surface area contributed by atoms with Crippen molar-refractivity contribution in [3.05, 3.63) is 72.3 Å². The van der Waals surface area contributed by atoms with Gasteiger partial charge in [0.05, 0.1) is 12.8 Å². The minimum atomic E-state index is -0.629. The molecule has 0 aliphatic rings. The molecule has 0 saturated heterocycles. The first-order chi connectivity index (χ1) is 12.2. The van der Waals surface area contributed by atoms with E-state index in [2.05, 4.69) is 10.5 Å². The molecule has 1 amide bonds. The summed E-state index contributed by atoms with van der Waals surface area (Å²) >= 11 is 0. The van der Waals surface area contributed by atoms with Crippen LogP contribution < -0.4 is 10.1 Å². The summed E-state index contributed by atoms with van der Waals surface area (Å²) in [5, 5.41) is 8.65. The van der Waals surface area contributed by atoms with E-state index in [9.17, 15) is 4.79 Å². The normalized spacial score (nSPS) is 11.2. The van der Waals surface area contributed by atoms with Gasteiger partial charge in [-0.05, 0) is 53.6 Å². The van der Waals surface area contributed by atoms with Gasteiger partial charge in [-0.3, -0.25) is 10.2 Å². The fourth-order valence-corrected chi connectivity index (χ4v) is 2.40. The van der Waals surface area contributed by atoms with Gasteiger partial charge in [0.25, 0.3) is 0 Å². The number of oxime groups is 1. The number of carbonyl (C=O) groups excluding carboxylic acids is 1. The van der Waals surface area contributed by atoms with Gasteiger partial charge in [-0.15, -0.1) is 0 Å². The van der Waals surface area contributed by atoms with Gasteiger partial charge in [0, 0.05) is 5.69 Å². The smallest absolute Gasteiger partial charge is 0.437 e. The van der Waals surface area contributed by atoms with Crippen LogP contribution in [0.15, 0.2) is 71.9 Å². The molecule has 25 heavy (non-hydrogen) atoms. The third-order valence-corrected chi connectivity index (χ3v) is 3.75. The van der Waals surface area contributed by atoms with E-state index in [0.717, 1.165) is 22.1 Å². The van der Waals surface area contributed by atoms with Crippen LogP contribution in [0.3, 0.4) is 0 Å². The lowest BCUT2D eigenvalue weighted by Gasteiger charge is -2.06. The SMILES string of the molecule is COc1ccc2cc(/C(C)=N\OC(=O)Nc3ccccc3)ccc2c1. The number of fused-ring (bicyclic) bond motifs is 1. The summed E-state index contributed by atoms with van der Waals surface area (Å²) in [4.78, 5) is 16.7. The van der Waals surface area contributed by atoms with Crippen LogP contribution in [0.5, 0.6) is 5.75 Å². The zero-order valence-corrected chi connectivity index (χ0v) is 14.0. The third kappa shape index (κ3) is 4.14. The number of nitrogens with one attached hydrogen (secondary N) is 1. The Labute approximate surface area is 145 Å². The number of hydrogen-bond acceptors (Lipinski definition) is 4. The zero-order chi connectivity index (χ0) is 17.6. The molecule has 0 bridgehead atoms. The number of nitrogens with zero attached hydrogens (tertiary/aromatic N) is 1. The van der Waals surface area contributed by atoms with E-state index in [1.54, 1.807) is 26.2 Å². The molecule has 0 heterocycles. The lowest BCUT2D eigenvalue weighted by Crippen LogP contribution is -2.11. The molecule has 0 aliphatic heterocycles. The molecule has 5 heteroatoms. The first kappa shape index (κ1) is 16.5. The lowest BCUT2D eigenvalue weighted by molar-refractivity contribution is 0.166. The number of hydrogen-bond donors (Lipinski definition) is 1. The van der Waals surface area contributed by atoms with Crippen molar-refractivity contribution in [2.75, 3.05) is 12.4 Å². The maximum atomic E-state index is 11.8. The Bertz CT molecular complexity index is 921. The highest BCUT2D eigenvalue weighted by molar-refractivity contribution is 6.02. The molecule has 0 atom stereocenters. The van der Waals surface area contributed by atoms with Gasteiger partial charge in [-0.25, -0.2) is 4.79 Å². The fourth-order valence-electron chi connectivity index (χ4n) is 2.40. The number of ether oxygens (including phenoxy) is 1. The number of carbonyl (C=O) groups is 1. The molecule has 0 aliphatic carbocycles. The Morgan fingerprint density at radius 1 is 0.960 bits per heavy atom. The van der Waals surface area contributed by atoms with E-state index in [0.29, 0.717) is 11.4 Å². The molecule has 0 aromatic heterocycles. The Morgan fingerprint density at radius 2 is 1.68 bits per heavy atom. The van der Waals surface area contributed by atoms with E-state index < -0.39 is 6.09 Å². The van der Waals surface area contributed by atoms with Gasteiger partial charge >= 0.3 is 6.09 Å².